The van der Waals surface area contributed by atoms with E-state index >= 15 is 0 Å². The van der Waals surface area contributed by atoms with Crippen LogP contribution in [0.15, 0.2) is 48.8 Å². The van der Waals surface area contributed by atoms with Crippen LogP contribution in [0.4, 0.5) is 0 Å². The summed E-state index contributed by atoms with van der Waals surface area (Å²) in [5.74, 6) is 0. The topological polar surface area (TPSA) is 31.6 Å². The van der Waals surface area contributed by atoms with Gasteiger partial charge in [0.15, 0.2) is 0 Å². The van der Waals surface area contributed by atoms with Crippen LogP contribution in [0, 0.1) is 0 Å². The van der Waals surface area contributed by atoms with Crippen LogP contribution in [-0.4, -0.2) is 58.8 Å². The van der Waals surface area contributed by atoms with E-state index < -0.39 is 0 Å². The number of β-amino-alcohol motifs (C(OH)–C–C–N with tert-alkyl or cyclic N) is 1. The van der Waals surface area contributed by atoms with Crippen LogP contribution in [0.3, 0.4) is 0 Å². The second kappa shape index (κ2) is 7.58. The van der Waals surface area contributed by atoms with Gasteiger partial charge in [0.2, 0.25) is 0 Å². The fourth-order valence-electron chi connectivity index (χ4n) is 3.05. The van der Waals surface area contributed by atoms with Gasteiger partial charge in [-0.1, -0.05) is 30.3 Å². The molecule has 2 aromatic rings. The molecule has 0 spiro atoms. The van der Waals surface area contributed by atoms with Gasteiger partial charge < -0.3 is 9.67 Å². The Balaban J connectivity index is 1.50. The maximum Gasteiger partial charge on any atom is 0.0558 e. The molecule has 118 valence electrons. The SMILES string of the molecule is OCCN1CCN(Cc2ccn(Cc3ccccc3)c2)CC1. The van der Waals surface area contributed by atoms with E-state index in [-0.39, 0.29) is 6.61 Å². The molecule has 0 unspecified atom stereocenters. The maximum atomic E-state index is 8.99. The van der Waals surface area contributed by atoms with Gasteiger partial charge in [-0.2, -0.15) is 0 Å². The van der Waals surface area contributed by atoms with E-state index in [0.29, 0.717) is 0 Å². The van der Waals surface area contributed by atoms with Gasteiger partial charge >= 0.3 is 0 Å². The summed E-state index contributed by atoms with van der Waals surface area (Å²) in [4.78, 5) is 4.83. The van der Waals surface area contributed by atoms with Gasteiger partial charge in [0.1, 0.15) is 0 Å². The number of rotatable bonds is 6. The first-order chi connectivity index (χ1) is 10.8. The van der Waals surface area contributed by atoms with Crippen molar-refractivity contribution in [1.29, 1.82) is 0 Å². The van der Waals surface area contributed by atoms with Crippen molar-refractivity contribution in [2.75, 3.05) is 39.3 Å². The molecule has 22 heavy (non-hydrogen) atoms. The molecule has 4 nitrogen and oxygen atoms in total. The molecular weight excluding hydrogens is 274 g/mol. The molecule has 1 aromatic carbocycles. The molecule has 1 fully saturated rings. The van der Waals surface area contributed by atoms with Crippen molar-refractivity contribution in [1.82, 2.24) is 14.4 Å². The first-order valence-corrected chi connectivity index (χ1v) is 8.07. The summed E-state index contributed by atoms with van der Waals surface area (Å²) < 4.78 is 2.26. The van der Waals surface area contributed by atoms with E-state index in [9.17, 15) is 0 Å². The third-order valence-electron chi connectivity index (χ3n) is 4.31. The molecular formula is C18H25N3O. The van der Waals surface area contributed by atoms with Crippen LogP contribution in [0.5, 0.6) is 0 Å². The second-order valence-electron chi connectivity index (χ2n) is 6.02. The highest BCUT2D eigenvalue weighted by molar-refractivity contribution is 5.17. The lowest BCUT2D eigenvalue weighted by Gasteiger charge is -2.34. The average molecular weight is 299 g/mol. The van der Waals surface area contributed by atoms with Crippen molar-refractivity contribution in [3.8, 4) is 0 Å². The molecule has 1 aromatic heterocycles. The number of benzene rings is 1. The molecule has 1 aliphatic rings. The number of hydrogen-bond donors (Lipinski definition) is 1. The van der Waals surface area contributed by atoms with Crippen molar-refractivity contribution < 1.29 is 5.11 Å². The van der Waals surface area contributed by atoms with Crippen molar-refractivity contribution in [2.24, 2.45) is 0 Å². The largest absolute Gasteiger partial charge is 0.395 e. The Morgan fingerprint density at radius 1 is 0.818 bits per heavy atom. The first kappa shape index (κ1) is 15.3. The van der Waals surface area contributed by atoms with E-state index in [1.54, 1.807) is 0 Å². The second-order valence-corrected chi connectivity index (χ2v) is 6.02. The van der Waals surface area contributed by atoms with Crippen LogP contribution in [0.2, 0.25) is 0 Å². The van der Waals surface area contributed by atoms with Crippen molar-refractivity contribution in [3.05, 3.63) is 59.9 Å². The standard InChI is InChI=1S/C18H25N3O/c22-13-12-19-8-10-20(11-9-19)15-18-6-7-21(16-18)14-17-4-2-1-3-5-17/h1-7,16,22H,8-15H2. The Morgan fingerprint density at radius 2 is 1.55 bits per heavy atom. The molecule has 1 saturated heterocycles. The fourth-order valence-corrected chi connectivity index (χ4v) is 3.05. The highest BCUT2D eigenvalue weighted by Crippen LogP contribution is 2.11. The minimum atomic E-state index is 0.266. The Hall–Kier alpha value is -1.62. The number of aromatic nitrogens is 1. The van der Waals surface area contributed by atoms with Crippen LogP contribution in [-0.2, 0) is 13.1 Å². The molecule has 0 amide bonds. The number of piperazine rings is 1. The first-order valence-electron chi connectivity index (χ1n) is 8.07. The zero-order valence-corrected chi connectivity index (χ0v) is 13.1. The molecule has 4 heteroatoms. The molecule has 0 bridgehead atoms. The van der Waals surface area contributed by atoms with Gasteiger partial charge in [0.25, 0.3) is 0 Å². The van der Waals surface area contributed by atoms with Crippen molar-refractivity contribution in [2.45, 2.75) is 13.1 Å². The van der Waals surface area contributed by atoms with Gasteiger partial charge in [0, 0.05) is 58.2 Å². The average Bonchev–Trinajstić information content (AvgIpc) is 2.98. The number of nitrogens with zero attached hydrogens (tertiary/aromatic N) is 3. The third-order valence-corrected chi connectivity index (χ3v) is 4.31. The summed E-state index contributed by atoms with van der Waals surface area (Å²) in [5.41, 5.74) is 2.72. The maximum absolute atomic E-state index is 8.99. The predicted molar refractivity (Wildman–Crippen MR) is 88.8 cm³/mol. The fraction of sp³-hybridized carbons (Fsp3) is 0.444. The van der Waals surface area contributed by atoms with E-state index in [1.165, 1.54) is 11.1 Å². The van der Waals surface area contributed by atoms with Gasteiger partial charge in [-0.15, -0.1) is 0 Å². The van der Waals surface area contributed by atoms with Crippen molar-refractivity contribution >= 4 is 0 Å². The summed E-state index contributed by atoms with van der Waals surface area (Å²) in [7, 11) is 0. The normalized spacial score (nSPS) is 17.0. The zero-order chi connectivity index (χ0) is 15.2. The molecule has 1 N–H and O–H groups in total. The summed E-state index contributed by atoms with van der Waals surface area (Å²) in [6, 6.07) is 12.8. The van der Waals surface area contributed by atoms with E-state index in [2.05, 4.69) is 63.2 Å². The lowest BCUT2D eigenvalue weighted by molar-refractivity contribution is 0.108. The Labute approximate surface area is 132 Å². The Morgan fingerprint density at radius 3 is 2.27 bits per heavy atom. The third kappa shape index (κ3) is 4.19. The number of aliphatic hydroxyl groups is 1. The molecule has 0 radical (unpaired) electrons. The summed E-state index contributed by atoms with van der Waals surface area (Å²) in [6.45, 7) is 7.33. The van der Waals surface area contributed by atoms with Crippen LogP contribution in [0.1, 0.15) is 11.1 Å². The minimum absolute atomic E-state index is 0.266. The summed E-state index contributed by atoms with van der Waals surface area (Å²) in [6.07, 6.45) is 4.43. The Bertz CT molecular complexity index is 559. The molecule has 0 aliphatic carbocycles. The van der Waals surface area contributed by atoms with Gasteiger partial charge in [-0.3, -0.25) is 9.80 Å². The highest BCUT2D eigenvalue weighted by atomic mass is 16.3. The van der Waals surface area contributed by atoms with E-state index in [4.69, 9.17) is 5.11 Å². The monoisotopic (exact) mass is 299 g/mol. The zero-order valence-electron chi connectivity index (χ0n) is 13.1. The summed E-state index contributed by atoms with van der Waals surface area (Å²) in [5, 5.41) is 8.99. The lowest BCUT2D eigenvalue weighted by atomic mass is 10.2. The van der Waals surface area contributed by atoms with Crippen LogP contribution < -0.4 is 0 Å². The Kier molecular flexibility index (Phi) is 5.27. The quantitative estimate of drug-likeness (QED) is 0.880. The van der Waals surface area contributed by atoms with Gasteiger partial charge in [-0.05, 0) is 17.2 Å². The van der Waals surface area contributed by atoms with Crippen LogP contribution in [0.25, 0.3) is 0 Å². The highest BCUT2D eigenvalue weighted by Gasteiger charge is 2.16. The summed E-state index contributed by atoms with van der Waals surface area (Å²) >= 11 is 0. The molecule has 2 heterocycles. The lowest BCUT2D eigenvalue weighted by Crippen LogP contribution is -2.46. The van der Waals surface area contributed by atoms with Gasteiger partial charge in [0.05, 0.1) is 6.61 Å². The van der Waals surface area contributed by atoms with Gasteiger partial charge in [-0.25, -0.2) is 0 Å². The van der Waals surface area contributed by atoms with E-state index in [1.807, 2.05) is 0 Å². The molecule has 1 aliphatic heterocycles. The smallest absolute Gasteiger partial charge is 0.0558 e. The van der Waals surface area contributed by atoms with Crippen LogP contribution >= 0.6 is 0 Å². The number of hydrogen-bond acceptors (Lipinski definition) is 3. The number of aliphatic hydroxyl groups excluding tert-OH is 1. The molecule has 0 atom stereocenters. The molecule has 3 rings (SSSR count). The van der Waals surface area contributed by atoms with E-state index in [0.717, 1.165) is 45.8 Å². The molecule has 0 saturated carbocycles. The van der Waals surface area contributed by atoms with Crippen molar-refractivity contribution in [3.63, 3.8) is 0 Å². The predicted octanol–water partition coefficient (Wildman–Crippen LogP) is 1.65. The minimum Gasteiger partial charge on any atom is -0.395 e.